The Balaban J connectivity index is 0.00000112. The number of rotatable bonds is 2. The Labute approximate surface area is 97.4 Å². The van der Waals surface area contributed by atoms with Crippen molar-refractivity contribution in [3.05, 3.63) is 35.4 Å². The average molecular weight is 228 g/mol. The number of hydrogen-bond acceptors (Lipinski definition) is 2. The fourth-order valence-corrected chi connectivity index (χ4v) is 1.76. The van der Waals surface area contributed by atoms with Crippen LogP contribution in [-0.2, 0) is 11.2 Å². The highest BCUT2D eigenvalue weighted by molar-refractivity contribution is 5.85. The summed E-state index contributed by atoms with van der Waals surface area (Å²) in [5.74, 6) is 0. The molecule has 1 N–H and O–H groups in total. The molecule has 1 fully saturated rings. The lowest BCUT2D eigenvalue weighted by atomic mass is 10.0. The van der Waals surface area contributed by atoms with Crippen LogP contribution in [0, 0.1) is 6.92 Å². The van der Waals surface area contributed by atoms with Gasteiger partial charge >= 0.3 is 0 Å². The maximum atomic E-state index is 5.42. The summed E-state index contributed by atoms with van der Waals surface area (Å²) in [6, 6.07) is 9.22. The minimum absolute atomic E-state index is 0. The van der Waals surface area contributed by atoms with Crippen molar-refractivity contribution < 1.29 is 4.74 Å². The van der Waals surface area contributed by atoms with Gasteiger partial charge in [-0.25, -0.2) is 0 Å². The predicted molar refractivity (Wildman–Crippen MR) is 64.7 cm³/mol. The first-order chi connectivity index (χ1) is 6.84. The van der Waals surface area contributed by atoms with E-state index < -0.39 is 0 Å². The minimum Gasteiger partial charge on any atom is -0.379 e. The molecule has 1 aromatic rings. The Morgan fingerprint density at radius 1 is 1.33 bits per heavy atom. The molecule has 0 bridgehead atoms. The second-order valence-corrected chi connectivity index (χ2v) is 3.92. The molecule has 1 aliphatic rings. The van der Waals surface area contributed by atoms with Crippen LogP contribution in [0.15, 0.2) is 24.3 Å². The molecule has 1 heterocycles. The lowest BCUT2D eigenvalue weighted by molar-refractivity contribution is 0.0770. The van der Waals surface area contributed by atoms with Crippen molar-refractivity contribution in [2.24, 2.45) is 0 Å². The maximum Gasteiger partial charge on any atom is 0.0623 e. The van der Waals surface area contributed by atoms with E-state index in [0.717, 1.165) is 26.2 Å². The smallest absolute Gasteiger partial charge is 0.0623 e. The molecule has 0 amide bonds. The average Bonchev–Trinajstić information content (AvgIpc) is 2.23. The van der Waals surface area contributed by atoms with Gasteiger partial charge in [0.15, 0.2) is 0 Å². The van der Waals surface area contributed by atoms with Crippen LogP contribution in [0.2, 0.25) is 0 Å². The van der Waals surface area contributed by atoms with E-state index in [-0.39, 0.29) is 12.4 Å². The van der Waals surface area contributed by atoms with Gasteiger partial charge in [-0.2, -0.15) is 0 Å². The molecular formula is C12H18ClNO. The molecule has 2 nitrogen and oxygen atoms in total. The van der Waals surface area contributed by atoms with E-state index in [2.05, 4.69) is 36.5 Å². The quantitative estimate of drug-likeness (QED) is 0.834. The largest absolute Gasteiger partial charge is 0.379 e. The first-order valence-electron chi connectivity index (χ1n) is 5.21. The highest BCUT2D eigenvalue weighted by Crippen LogP contribution is 2.07. The first-order valence-corrected chi connectivity index (χ1v) is 5.21. The molecule has 1 aliphatic heterocycles. The molecule has 0 radical (unpaired) electrons. The van der Waals surface area contributed by atoms with Crippen molar-refractivity contribution in [2.45, 2.75) is 19.4 Å². The maximum absolute atomic E-state index is 5.42. The van der Waals surface area contributed by atoms with Gasteiger partial charge in [0, 0.05) is 12.6 Å². The third kappa shape index (κ3) is 3.82. The highest BCUT2D eigenvalue weighted by Gasteiger charge is 2.12. The van der Waals surface area contributed by atoms with Crippen molar-refractivity contribution in [2.75, 3.05) is 19.8 Å². The number of morpholine rings is 1. The topological polar surface area (TPSA) is 21.3 Å². The Kier molecular flexibility index (Phi) is 5.09. The number of halogens is 1. The summed E-state index contributed by atoms with van der Waals surface area (Å²) < 4.78 is 5.42. The number of ether oxygens (including phenoxy) is 1. The van der Waals surface area contributed by atoms with Gasteiger partial charge in [0.2, 0.25) is 0 Å². The summed E-state index contributed by atoms with van der Waals surface area (Å²) in [4.78, 5) is 0. The van der Waals surface area contributed by atoms with Crippen LogP contribution in [-0.4, -0.2) is 25.8 Å². The second-order valence-electron chi connectivity index (χ2n) is 3.92. The summed E-state index contributed by atoms with van der Waals surface area (Å²) in [5.41, 5.74) is 2.71. The lowest BCUT2D eigenvalue weighted by Crippen LogP contribution is -2.42. The summed E-state index contributed by atoms with van der Waals surface area (Å²) in [5, 5.41) is 3.46. The van der Waals surface area contributed by atoms with Gasteiger partial charge in [-0.05, 0) is 18.9 Å². The molecule has 1 saturated heterocycles. The predicted octanol–water partition coefficient (Wildman–Crippen LogP) is 1.95. The number of benzene rings is 1. The van der Waals surface area contributed by atoms with Crippen molar-refractivity contribution >= 4 is 12.4 Å². The zero-order valence-corrected chi connectivity index (χ0v) is 9.85. The van der Waals surface area contributed by atoms with Gasteiger partial charge in [-0.1, -0.05) is 29.8 Å². The van der Waals surface area contributed by atoms with E-state index in [1.54, 1.807) is 0 Å². The van der Waals surface area contributed by atoms with Gasteiger partial charge in [-0.3, -0.25) is 0 Å². The molecule has 84 valence electrons. The Bertz CT molecular complexity index is 280. The van der Waals surface area contributed by atoms with E-state index in [9.17, 15) is 0 Å². The van der Waals surface area contributed by atoms with Gasteiger partial charge < -0.3 is 10.1 Å². The Morgan fingerprint density at radius 2 is 2.07 bits per heavy atom. The van der Waals surface area contributed by atoms with E-state index in [1.165, 1.54) is 11.1 Å². The van der Waals surface area contributed by atoms with Crippen LogP contribution < -0.4 is 5.32 Å². The third-order valence-corrected chi connectivity index (χ3v) is 2.60. The van der Waals surface area contributed by atoms with Crippen molar-refractivity contribution in [3.8, 4) is 0 Å². The van der Waals surface area contributed by atoms with Gasteiger partial charge in [0.1, 0.15) is 0 Å². The zero-order chi connectivity index (χ0) is 9.80. The zero-order valence-electron chi connectivity index (χ0n) is 9.03. The molecule has 2 rings (SSSR count). The van der Waals surface area contributed by atoms with Gasteiger partial charge in [0.05, 0.1) is 13.2 Å². The monoisotopic (exact) mass is 227 g/mol. The van der Waals surface area contributed by atoms with Crippen LogP contribution >= 0.6 is 12.4 Å². The van der Waals surface area contributed by atoms with Crippen LogP contribution in [0.1, 0.15) is 11.1 Å². The standard InChI is InChI=1S/C12H17NO.ClH/c1-10-2-4-11(5-3-10)8-12-9-14-7-6-13-12;/h2-5,12-13H,6-9H2,1H3;1H/t12-;/m1./s1. The van der Waals surface area contributed by atoms with Crippen LogP contribution in [0.25, 0.3) is 0 Å². The van der Waals surface area contributed by atoms with E-state index in [1.807, 2.05) is 0 Å². The van der Waals surface area contributed by atoms with Gasteiger partial charge in [0.25, 0.3) is 0 Å². The van der Waals surface area contributed by atoms with Crippen molar-refractivity contribution in [1.29, 1.82) is 0 Å². The first kappa shape index (κ1) is 12.5. The van der Waals surface area contributed by atoms with Crippen molar-refractivity contribution in [3.63, 3.8) is 0 Å². The van der Waals surface area contributed by atoms with E-state index in [0.29, 0.717) is 6.04 Å². The van der Waals surface area contributed by atoms with Crippen LogP contribution in [0.5, 0.6) is 0 Å². The number of aryl methyl sites for hydroxylation is 1. The number of nitrogens with one attached hydrogen (secondary N) is 1. The SMILES string of the molecule is Cc1ccc(C[C@@H]2COCCN2)cc1.Cl. The summed E-state index contributed by atoms with van der Waals surface area (Å²) in [6.45, 7) is 4.79. The molecule has 0 aromatic heterocycles. The summed E-state index contributed by atoms with van der Waals surface area (Å²) >= 11 is 0. The molecule has 1 atom stereocenters. The highest BCUT2D eigenvalue weighted by atomic mass is 35.5. The molecule has 0 saturated carbocycles. The van der Waals surface area contributed by atoms with E-state index in [4.69, 9.17) is 4.74 Å². The molecule has 15 heavy (non-hydrogen) atoms. The summed E-state index contributed by atoms with van der Waals surface area (Å²) in [6.07, 6.45) is 1.07. The fourth-order valence-electron chi connectivity index (χ4n) is 1.76. The molecular weight excluding hydrogens is 210 g/mol. The normalized spacial score (nSPS) is 20.7. The minimum atomic E-state index is 0. The Morgan fingerprint density at radius 3 is 2.67 bits per heavy atom. The van der Waals surface area contributed by atoms with Crippen LogP contribution in [0.3, 0.4) is 0 Å². The van der Waals surface area contributed by atoms with Gasteiger partial charge in [-0.15, -0.1) is 12.4 Å². The fraction of sp³-hybridized carbons (Fsp3) is 0.500. The molecule has 3 heteroatoms. The van der Waals surface area contributed by atoms with E-state index >= 15 is 0 Å². The molecule has 0 aliphatic carbocycles. The number of hydrogen-bond donors (Lipinski definition) is 1. The molecule has 1 aromatic carbocycles. The lowest BCUT2D eigenvalue weighted by Gasteiger charge is -2.23. The van der Waals surface area contributed by atoms with Crippen LogP contribution in [0.4, 0.5) is 0 Å². The molecule has 0 spiro atoms. The Hall–Kier alpha value is -0.570. The second kappa shape index (κ2) is 6.11. The molecule has 0 unspecified atom stereocenters. The third-order valence-electron chi connectivity index (χ3n) is 2.60. The van der Waals surface area contributed by atoms with Crippen molar-refractivity contribution in [1.82, 2.24) is 5.32 Å². The summed E-state index contributed by atoms with van der Waals surface area (Å²) in [7, 11) is 0.